The largest absolute Gasteiger partial charge is 0.462 e. The summed E-state index contributed by atoms with van der Waals surface area (Å²) >= 11 is 0. The first kappa shape index (κ1) is 56.1. The van der Waals surface area contributed by atoms with Crippen molar-refractivity contribution in [2.45, 2.75) is 245 Å². The van der Waals surface area contributed by atoms with Gasteiger partial charge in [-0.1, -0.05) is 248 Å². The van der Waals surface area contributed by atoms with Gasteiger partial charge in [-0.15, -0.1) is 0 Å². The van der Waals surface area contributed by atoms with Gasteiger partial charge >= 0.3 is 17.9 Å². The smallest absolute Gasteiger partial charge is 0.306 e. The monoisotopic (exact) mass is 825 g/mol. The van der Waals surface area contributed by atoms with E-state index in [1.165, 1.54) is 141 Å². The molecule has 0 aromatic rings. The van der Waals surface area contributed by atoms with Crippen LogP contribution >= 0.6 is 0 Å². The lowest BCUT2D eigenvalue weighted by Crippen LogP contribution is -2.30. The van der Waals surface area contributed by atoms with Crippen molar-refractivity contribution < 1.29 is 28.6 Å². The van der Waals surface area contributed by atoms with E-state index in [2.05, 4.69) is 26.8 Å². The van der Waals surface area contributed by atoms with E-state index in [4.69, 9.17) is 14.2 Å². The Morgan fingerprint density at radius 2 is 0.661 bits per heavy atom. The van der Waals surface area contributed by atoms with Gasteiger partial charge in [-0.05, 0) is 32.1 Å². The topological polar surface area (TPSA) is 78.9 Å². The first-order valence-electron chi connectivity index (χ1n) is 24.9. The van der Waals surface area contributed by atoms with Crippen LogP contribution in [0.1, 0.15) is 239 Å². The molecule has 59 heavy (non-hydrogen) atoms. The summed E-state index contributed by atoms with van der Waals surface area (Å²) in [7, 11) is 0. The van der Waals surface area contributed by atoms with Crippen LogP contribution < -0.4 is 0 Å². The molecule has 0 radical (unpaired) electrons. The van der Waals surface area contributed by atoms with E-state index in [0.29, 0.717) is 19.3 Å². The van der Waals surface area contributed by atoms with Gasteiger partial charge in [-0.2, -0.15) is 0 Å². The summed E-state index contributed by atoms with van der Waals surface area (Å²) in [5.41, 5.74) is 0. The van der Waals surface area contributed by atoms with Crippen molar-refractivity contribution in [1.29, 1.82) is 0 Å². The predicted octanol–water partition coefficient (Wildman–Crippen LogP) is 16.1. The first-order valence-corrected chi connectivity index (χ1v) is 24.9. The number of hydrogen-bond acceptors (Lipinski definition) is 6. The van der Waals surface area contributed by atoms with Crippen LogP contribution in [0.15, 0.2) is 60.8 Å². The lowest BCUT2D eigenvalue weighted by atomic mass is 10.0. The average Bonchev–Trinajstić information content (AvgIpc) is 3.23. The molecule has 6 nitrogen and oxygen atoms in total. The minimum atomic E-state index is -0.797. The summed E-state index contributed by atoms with van der Waals surface area (Å²) in [5, 5.41) is 0. The molecule has 0 aliphatic heterocycles. The van der Waals surface area contributed by atoms with Crippen LogP contribution in [0, 0.1) is 0 Å². The molecule has 1 unspecified atom stereocenters. The number of esters is 3. The average molecular weight is 825 g/mol. The number of carbonyl (C=O) groups excluding carboxylic acids is 3. The van der Waals surface area contributed by atoms with Crippen molar-refractivity contribution in [2.75, 3.05) is 13.2 Å². The number of hydrogen-bond donors (Lipinski definition) is 0. The molecule has 0 aliphatic carbocycles. The number of rotatable bonds is 44. The molecule has 0 bridgehead atoms. The third-order valence-corrected chi connectivity index (χ3v) is 10.7. The molecular weight excluding hydrogens is 733 g/mol. The van der Waals surface area contributed by atoms with Crippen LogP contribution in [0.2, 0.25) is 0 Å². The molecule has 0 heterocycles. The molecular formula is C53H92O6. The van der Waals surface area contributed by atoms with Crippen molar-refractivity contribution in [1.82, 2.24) is 0 Å². The molecule has 1 atom stereocenters. The number of unbranched alkanes of at least 4 members (excludes halogenated alkanes) is 27. The summed E-state index contributed by atoms with van der Waals surface area (Å²) in [6, 6.07) is 0. The predicted molar refractivity (Wildman–Crippen MR) is 251 cm³/mol. The molecule has 0 saturated carbocycles. The molecule has 0 spiro atoms. The first-order chi connectivity index (χ1) is 29.0. The van der Waals surface area contributed by atoms with Gasteiger partial charge in [-0.3, -0.25) is 14.4 Å². The third kappa shape index (κ3) is 46.0. The minimum absolute atomic E-state index is 0.0933. The van der Waals surface area contributed by atoms with Crippen molar-refractivity contribution in [3.63, 3.8) is 0 Å². The van der Waals surface area contributed by atoms with E-state index in [1.54, 1.807) is 0 Å². The summed E-state index contributed by atoms with van der Waals surface area (Å²) in [6.07, 6.45) is 57.8. The van der Waals surface area contributed by atoms with Gasteiger partial charge < -0.3 is 14.2 Å². The molecule has 0 fully saturated rings. The molecule has 0 amide bonds. The van der Waals surface area contributed by atoms with Crippen LogP contribution in [-0.4, -0.2) is 37.2 Å². The lowest BCUT2D eigenvalue weighted by Gasteiger charge is -2.18. The van der Waals surface area contributed by atoms with Crippen LogP contribution in [-0.2, 0) is 28.6 Å². The zero-order valence-corrected chi connectivity index (χ0v) is 38.8. The normalized spacial score (nSPS) is 12.5. The van der Waals surface area contributed by atoms with E-state index >= 15 is 0 Å². The van der Waals surface area contributed by atoms with Crippen molar-refractivity contribution in [3.05, 3.63) is 60.8 Å². The number of ether oxygens (including phenoxy) is 3. The Balaban J connectivity index is 4.45. The summed E-state index contributed by atoms with van der Waals surface area (Å²) in [4.78, 5) is 37.9. The van der Waals surface area contributed by atoms with Gasteiger partial charge in [0.1, 0.15) is 13.2 Å². The van der Waals surface area contributed by atoms with Gasteiger partial charge in [-0.25, -0.2) is 0 Å². The van der Waals surface area contributed by atoms with Crippen LogP contribution in [0.5, 0.6) is 0 Å². The molecule has 0 N–H and O–H groups in total. The molecule has 0 aliphatic rings. The molecule has 0 saturated heterocycles. The quantitative estimate of drug-likeness (QED) is 0.0263. The Labute approximate surface area is 364 Å². The van der Waals surface area contributed by atoms with E-state index in [1.807, 2.05) is 54.7 Å². The lowest BCUT2D eigenvalue weighted by molar-refractivity contribution is -0.167. The fraction of sp³-hybridized carbons (Fsp3) is 0.755. The molecule has 0 aromatic carbocycles. The Kier molecular flexibility index (Phi) is 45.4. The van der Waals surface area contributed by atoms with Gasteiger partial charge in [0.15, 0.2) is 6.10 Å². The maximum atomic E-state index is 12.8. The maximum absolute atomic E-state index is 12.8. The molecule has 0 rings (SSSR count). The highest BCUT2D eigenvalue weighted by Crippen LogP contribution is 2.16. The molecule has 0 aromatic heterocycles. The standard InChI is InChI=1S/C53H92O6/c1-4-7-10-13-16-19-22-25-28-31-34-37-40-43-46-52(55)58-49-50(48-57-51(54)45-42-39-36-33-30-27-24-21-18-15-12-9-6-3)59-53(56)47-44-41-38-35-32-29-26-23-20-17-14-11-8-5-2/h9,12,15,18,21,24,27,30,33,36,50H,4-8,10-11,13-14,16-17,19-20,22-23,25-26,28-29,31-32,34-35,37-49H2,1-3H3/b12-9+,18-15+,24-21+,30-27+,36-33+. The highest BCUT2D eigenvalue weighted by Gasteiger charge is 2.19. The number of allylic oxidation sites excluding steroid dienone is 10. The second kappa shape index (κ2) is 47.8. The van der Waals surface area contributed by atoms with Crippen LogP contribution in [0.25, 0.3) is 0 Å². The SMILES string of the molecule is CC/C=C/C=C/C=C/C=C/C=C/CCCC(=O)OCC(COC(=O)CCCCCCCCCCCCCCCC)OC(=O)CCCCCCCCCCCCCCCC. The zero-order chi connectivity index (χ0) is 43.0. The summed E-state index contributed by atoms with van der Waals surface area (Å²) < 4.78 is 16.7. The van der Waals surface area contributed by atoms with Crippen LogP contribution in [0.3, 0.4) is 0 Å². The van der Waals surface area contributed by atoms with E-state index in [9.17, 15) is 14.4 Å². The molecule has 340 valence electrons. The Bertz CT molecular complexity index is 1090. The maximum Gasteiger partial charge on any atom is 0.306 e. The minimum Gasteiger partial charge on any atom is -0.462 e. The fourth-order valence-electron chi connectivity index (χ4n) is 6.94. The van der Waals surface area contributed by atoms with E-state index in [0.717, 1.165) is 51.4 Å². The van der Waals surface area contributed by atoms with Gasteiger partial charge in [0.25, 0.3) is 0 Å². The highest BCUT2D eigenvalue weighted by molar-refractivity contribution is 5.71. The summed E-state index contributed by atoms with van der Waals surface area (Å²) in [6.45, 7) is 6.44. The fourth-order valence-corrected chi connectivity index (χ4v) is 6.94. The van der Waals surface area contributed by atoms with E-state index < -0.39 is 6.10 Å². The zero-order valence-electron chi connectivity index (χ0n) is 38.8. The Hall–Kier alpha value is -2.89. The van der Waals surface area contributed by atoms with Crippen molar-refractivity contribution in [3.8, 4) is 0 Å². The van der Waals surface area contributed by atoms with Gasteiger partial charge in [0.2, 0.25) is 0 Å². The Morgan fingerprint density at radius 1 is 0.356 bits per heavy atom. The Morgan fingerprint density at radius 3 is 1.03 bits per heavy atom. The van der Waals surface area contributed by atoms with E-state index in [-0.39, 0.29) is 37.5 Å². The van der Waals surface area contributed by atoms with Crippen LogP contribution in [0.4, 0.5) is 0 Å². The van der Waals surface area contributed by atoms with Gasteiger partial charge in [0.05, 0.1) is 0 Å². The number of carbonyl (C=O) groups is 3. The van der Waals surface area contributed by atoms with Crippen molar-refractivity contribution in [2.24, 2.45) is 0 Å². The highest BCUT2D eigenvalue weighted by atomic mass is 16.6. The third-order valence-electron chi connectivity index (χ3n) is 10.7. The van der Waals surface area contributed by atoms with Gasteiger partial charge in [0, 0.05) is 19.3 Å². The second-order valence-corrected chi connectivity index (χ2v) is 16.5. The second-order valence-electron chi connectivity index (χ2n) is 16.5. The summed E-state index contributed by atoms with van der Waals surface area (Å²) in [5.74, 6) is -0.965. The molecule has 6 heteroatoms. The van der Waals surface area contributed by atoms with Crippen molar-refractivity contribution >= 4 is 17.9 Å².